The van der Waals surface area contributed by atoms with Crippen molar-refractivity contribution in [1.82, 2.24) is 14.9 Å². The number of thiophene rings is 1. The Hall–Kier alpha value is -1.33. The molecule has 2 aromatic rings. The summed E-state index contributed by atoms with van der Waals surface area (Å²) in [5.41, 5.74) is 0. The van der Waals surface area contributed by atoms with Crippen molar-refractivity contribution in [3.05, 3.63) is 39.6 Å². The Morgan fingerprint density at radius 3 is 3.22 bits per heavy atom. The monoisotopic (exact) mass is 281 g/mol. The number of halogens is 1. The largest absolute Gasteiger partial charge is 0.347 e. The van der Waals surface area contributed by atoms with Crippen LogP contribution in [0.5, 0.6) is 0 Å². The van der Waals surface area contributed by atoms with E-state index in [4.69, 9.17) is 11.6 Å². The number of rotatable bonds is 2. The number of nitrogens with one attached hydrogen (secondary N) is 1. The van der Waals surface area contributed by atoms with Crippen LogP contribution < -0.4 is 5.32 Å². The van der Waals surface area contributed by atoms with Crippen LogP contribution in [-0.2, 0) is 13.0 Å². The van der Waals surface area contributed by atoms with Crippen LogP contribution in [0, 0.1) is 0 Å². The van der Waals surface area contributed by atoms with Gasteiger partial charge in [-0.2, -0.15) is 0 Å². The number of aromatic nitrogens is 2. The standard InChI is InChI=1S/C12H12ClN3OS/c13-10-3-2-9(18-10)12(17)15-8-1-4-11-14-5-6-16(11)7-8/h2-3,5-6,8H,1,4,7H2,(H,15,17)/t8-/m0/s1. The minimum Gasteiger partial charge on any atom is -0.347 e. The number of aryl methyl sites for hydroxylation is 1. The summed E-state index contributed by atoms with van der Waals surface area (Å²) in [6.45, 7) is 0.792. The molecular formula is C12H12ClN3OS. The molecule has 4 nitrogen and oxygen atoms in total. The number of nitrogens with zero attached hydrogens (tertiary/aromatic N) is 2. The highest BCUT2D eigenvalue weighted by Gasteiger charge is 2.21. The van der Waals surface area contributed by atoms with E-state index in [9.17, 15) is 4.79 Å². The number of amides is 1. The van der Waals surface area contributed by atoms with Crippen molar-refractivity contribution in [2.24, 2.45) is 0 Å². The first kappa shape index (κ1) is 11.7. The zero-order valence-corrected chi connectivity index (χ0v) is 11.2. The molecule has 94 valence electrons. The summed E-state index contributed by atoms with van der Waals surface area (Å²) in [7, 11) is 0. The Balaban J connectivity index is 1.66. The first-order valence-corrected chi connectivity index (χ1v) is 6.98. The third-order valence-corrected chi connectivity index (χ3v) is 4.30. The molecule has 0 spiro atoms. The van der Waals surface area contributed by atoms with Crippen molar-refractivity contribution in [2.75, 3.05) is 0 Å². The number of carbonyl (C=O) groups excluding carboxylic acids is 1. The number of carbonyl (C=O) groups is 1. The van der Waals surface area contributed by atoms with E-state index in [1.54, 1.807) is 18.3 Å². The molecule has 1 atom stereocenters. The molecule has 2 aromatic heterocycles. The van der Waals surface area contributed by atoms with Gasteiger partial charge in [0.25, 0.3) is 5.91 Å². The van der Waals surface area contributed by atoms with Gasteiger partial charge in [-0.25, -0.2) is 4.98 Å². The number of fused-ring (bicyclic) bond motifs is 1. The smallest absolute Gasteiger partial charge is 0.261 e. The summed E-state index contributed by atoms with van der Waals surface area (Å²) in [5, 5.41) is 3.04. The second-order valence-corrected chi connectivity index (χ2v) is 6.02. The van der Waals surface area contributed by atoms with Crippen LogP contribution >= 0.6 is 22.9 Å². The molecule has 0 unspecified atom stereocenters. The number of imidazole rings is 1. The van der Waals surface area contributed by atoms with Crippen molar-refractivity contribution in [3.63, 3.8) is 0 Å². The third-order valence-electron chi connectivity index (χ3n) is 3.07. The Morgan fingerprint density at radius 2 is 2.44 bits per heavy atom. The minimum absolute atomic E-state index is 0.0412. The third kappa shape index (κ3) is 2.28. The fraction of sp³-hybridized carbons (Fsp3) is 0.333. The fourth-order valence-electron chi connectivity index (χ4n) is 2.18. The zero-order chi connectivity index (χ0) is 12.5. The van der Waals surface area contributed by atoms with Crippen LogP contribution in [0.2, 0.25) is 4.34 Å². The summed E-state index contributed by atoms with van der Waals surface area (Å²) in [4.78, 5) is 16.9. The predicted octanol–water partition coefficient (Wildman–Crippen LogP) is 2.34. The molecule has 1 N–H and O–H groups in total. The second kappa shape index (κ2) is 4.74. The van der Waals surface area contributed by atoms with E-state index in [1.165, 1.54) is 11.3 Å². The lowest BCUT2D eigenvalue weighted by atomic mass is 10.1. The Kier molecular flexibility index (Phi) is 3.09. The minimum atomic E-state index is -0.0412. The van der Waals surface area contributed by atoms with E-state index in [2.05, 4.69) is 14.9 Å². The van der Waals surface area contributed by atoms with Gasteiger partial charge in [0.15, 0.2) is 0 Å². The summed E-state index contributed by atoms with van der Waals surface area (Å²) < 4.78 is 2.73. The summed E-state index contributed by atoms with van der Waals surface area (Å²) in [5.74, 6) is 1.06. The molecule has 18 heavy (non-hydrogen) atoms. The van der Waals surface area contributed by atoms with Gasteiger partial charge >= 0.3 is 0 Å². The molecule has 1 aliphatic rings. The van der Waals surface area contributed by atoms with Crippen LogP contribution in [0.3, 0.4) is 0 Å². The van der Waals surface area contributed by atoms with Crippen molar-refractivity contribution in [1.29, 1.82) is 0 Å². The second-order valence-electron chi connectivity index (χ2n) is 4.31. The molecule has 6 heteroatoms. The van der Waals surface area contributed by atoms with Crippen LogP contribution in [0.25, 0.3) is 0 Å². The molecule has 0 fully saturated rings. The average molecular weight is 282 g/mol. The van der Waals surface area contributed by atoms with Gasteiger partial charge in [0, 0.05) is 31.4 Å². The SMILES string of the molecule is O=C(N[C@H]1CCc2nccn2C1)c1ccc(Cl)s1. The van der Waals surface area contributed by atoms with E-state index in [1.807, 2.05) is 6.20 Å². The molecular weight excluding hydrogens is 270 g/mol. The average Bonchev–Trinajstić information content (AvgIpc) is 2.96. The molecule has 0 saturated carbocycles. The highest BCUT2D eigenvalue weighted by Crippen LogP contribution is 2.22. The number of hydrogen-bond donors (Lipinski definition) is 1. The van der Waals surface area contributed by atoms with Gasteiger partial charge in [-0.1, -0.05) is 11.6 Å². The van der Waals surface area contributed by atoms with Gasteiger partial charge in [0.05, 0.1) is 9.21 Å². The van der Waals surface area contributed by atoms with E-state index in [-0.39, 0.29) is 11.9 Å². The summed E-state index contributed by atoms with van der Waals surface area (Å²) >= 11 is 7.13. The van der Waals surface area contributed by atoms with Gasteiger partial charge in [-0.3, -0.25) is 4.79 Å². The molecule has 3 heterocycles. The zero-order valence-electron chi connectivity index (χ0n) is 9.60. The first-order valence-electron chi connectivity index (χ1n) is 5.78. The van der Waals surface area contributed by atoms with Crippen molar-refractivity contribution in [2.45, 2.75) is 25.4 Å². The van der Waals surface area contributed by atoms with Crippen molar-refractivity contribution in [3.8, 4) is 0 Å². The Labute approximate surface area is 114 Å². The molecule has 0 aromatic carbocycles. The molecule has 0 radical (unpaired) electrons. The first-order chi connectivity index (χ1) is 8.72. The maximum Gasteiger partial charge on any atom is 0.261 e. The van der Waals surface area contributed by atoms with Gasteiger partial charge in [-0.05, 0) is 18.6 Å². The van der Waals surface area contributed by atoms with Crippen LogP contribution in [0.4, 0.5) is 0 Å². The molecule has 0 aliphatic carbocycles. The Bertz CT molecular complexity index is 577. The fourth-order valence-corrected chi connectivity index (χ4v) is 3.12. The highest BCUT2D eigenvalue weighted by atomic mass is 35.5. The van der Waals surface area contributed by atoms with Gasteiger partial charge in [0.1, 0.15) is 5.82 Å². The molecule has 3 rings (SSSR count). The van der Waals surface area contributed by atoms with E-state index < -0.39 is 0 Å². The van der Waals surface area contributed by atoms with Gasteiger partial charge in [0.2, 0.25) is 0 Å². The van der Waals surface area contributed by atoms with E-state index >= 15 is 0 Å². The maximum absolute atomic E-state index is 12.0. The summed E-state index contributed by atoms with van der Waals surface area (Å²) in [6, 6.07) is 3.67. The van der Waals surface area contributed by atoms with E-state index in [0.29, 0.717) is 9.21 Å². The molecule has 1 amide bonds. The lowest BCUT2D eigenvalue weighted by Crippen LogP contribution is -2.40. The van der Waals surface area contributed by atoms with Crippen LogP contribution in [0.1, 0.15) is 21.9 Å². The van der Waals surface area contributed by atoms with Crippen LogP contribution in [-0.4, -0.2) is 21.5 Å². The van der Waals surface area contributed by atoms with Crippen molar-refractivity contribution < 1.29 is 4.79 Å². The van der Waals surface area contributed by atoms with Gasteiger partial charge < -0.3 is 9.88 Å². The Morgan fingerprint density at radius 1 is 1.56 bits per heavy atom. The predicted molar refractivity (Wildman–Crippen MR) is 71.1 cm³/mol. The van der Waals surface area contributed by atoms with Crippen LogP contribution in [0.15, 0.2) is 24.5 Å². The lowest BCUT2D eigenvalue weighted by Gasteiger charge is -2.24. The lowest BCUT2D eigenvalue weighted by molar-refractivity contribution is 0.0931. The summed E-state index contributed by atoms with van der Waals surface area (Å²) in [6.07, 6.45) is 5.60. The van der Waals surface area contributed by atoms with Crippen molar-refractivity contribution >= 4 is 28.8 Å². The molecule has 1 aliphatic heterocycles. The normalized spacial score (nSPS) is 18.4. The maximum atomic E-state index is 12.0. The highest BCUT2D eigenvalue weighted by molar-refractivity contribution is 7.17. The molecule has 0 saturated heterocycles. The number of hydrogen-bond acceptors (Lipinski definition) is 3. The topological polar surface area (TPSA) is 46.9 Å². The van der Waals surface area contributed by atoms with Gasteiger partial charge in [-0.15, -0.1) is 11.3 Å². The molecule has 0 bridgehead atoms. The van der Waals surface area contributed by atoms with E-state index in [0.717, 1.165) is 25.2 Å². The quantitative estimate of drug-likeness (QED) is 0.918.